The quantitative estimate of drug-likeness (QED) is 0.275. The predicted octanol–water partition coefficient (Wildman–Crippen LogP) is 4.96. The number of hydrogen-bond donors (Lipinski definition) is 3. The first-order valence-corrected chi connectivity index (χ1v) is 13.4. The molecule has 2 heterocycles. The number of urea groups is 1. The molecular formula is C31H30FN5O5. The van der Waals surface area contributed by atoms with Crippen LogP contribution in [0, 0.1) is 5.82 Å². The summed E-state index contributed by atoms with van der Waals surface area (Å²) in [6.07, 6.45) is 1.41. The standard InChI is InChI=1S/C31H30FN5O5/c1-41-25-11-8-23(9-12-25)35-31(40)37-16-14-36(15-17-37)27-13-10-24(34-30(39)28-3-2-18-42-28)19-26(27)29(38)33-20-21-4-6-22(32)7-5-21/h2-13,18-19H,14-17,20H2,1H3,(H,33,38)(H,34,39)(H,35,40). The molecule has 0 saturated carbocycles. The third-order valence-electron chi connectivity index (χ3n) is 6.86. The average Bonchev–Trinajstić information content (AvgIpc) is 3.57. The van der Waals surface area contributed by atoms with Crippen LogP contribution in [-0.2, 0) is 6.54 Å². The summed E-state index contributed by atoms with van der Waals surface area (Å²) >= 11 is 0. The van der Waals surface area contributed by atoms with Crippen molar-refractivity contribution in [2.24, 2.45) is 0 Å². The Kier molecular flexibility index (Phi) is 8.67. The predicted molar refractivity (Wildman–Crippen MR) is 156 cm³/mol. The molecule has 5 rings (SSSR count). The highest BCUT2D eigenvalue weighted by molar-refractivity contribution is 6.05. The van der Waals surface area contributed by atoms with E-state index >= 15 is 0 Å². The summed E-state index contributed by atoms with van der Waals surface area (Å²) in [5, 5.41) is 8.54. The number of piperazine rings is 1. The van der Waals surface area contributed by atoms with E-state index in [1.807, 2.05) is 4.90 Å². The topological polar surface area (TPSA) is 116 Å². The average molecular weight is 572 g/mol. The van der Waals surface area contributed by atoms with E-state index in [0.717, 1.165) is 5.56 Å². The molecule has 0 bridgehead atoms. The lowest BCUT2D eigenvalue weighted by molar-refractivity contribution is 0.0949. The van der Waals surface area contributed by atoms with Crippen molar-refractivity contribution in [1.29, 1.82) is 0 Å². The summed E-state index contributed by atoms with van der Waals surface area (Å²) in [5.41, 5.74) is 2.84. The van der Waals surface area contributed by atoms with Crippen LogP contribution < -0.4 is 25.6 Å². The first-order valence-electron chi connectivity index (χ1n) is 13.4. The monoisotopic (exact) mass is 571 g/mol. The molecule has 0 unspecified atom stereocenters. The Morgan fingerprint density at radius 1 is 0.857 bits per heavy atom. The minimum Gasteiger partial charge on any atom is -0.497 e. The van der Waals surface area contributed by atoms with Crippen LogP contribution in [0.4, 0.5) is 26.2 Å². The lowest BCUT2D eigenvalue weighted by atomic mass is 10.1. The molecule has 0 atom stereocenters. The van der Waals surface area contributed by atoms with Crippen molar-refractivity contribution >= 4 is 34.9 Å². The molecular weight excluding hydrogens is 541 g/mol. The van der Waals surface area contributed by atoms with Gasteiger partial charge in [0.15, 0.2) is 5.76 Å². The minimum absolute atomic E-state index is 0.144. The molecule has 0 spiro atoms. The molecule has 3 aromatic carbocycles. The van der Waals surface area contributed by atoms with Gasteiger partial charge in [0.2, 0.25) is 0 Å². The fraction of sp³-hybridized carbons (Fsp3) is 0.194. The second kappa shape index (κ2) is 12.9. The third kappa shape index (κ3) is 6.87. The lowest BCUT2D eigenvalue weighted by Gasteiger charge is -2.37. The number of rotatable bonds is 8. The van der Waals surface area contributed by atoms with Gasteiger partial charge in [0.25, 0.3) is 11.8 Å². The van der Waals surface area contributed by atoms with Crippen molar-refractivity contribution in [3.05, 3.63) is 108 Å². The van der Waals surface area contributed by atoms with E-state index in [9.17, 15) is 18.8 Å². The number of anilines is 3. The summed E-state index contributed by atoms with van der Waals surface area (Å²) in [7, 11) is 1.58. The number of carbonyl (C=O) groups excluding carboxylic acids is 3. The molecule has 10 nitrogen and oxygen atoms in total. The van der Waals surface area contributed by atoms with E-state index in [-0.39, 0.29) is 30.1 Å². The summed E-state index contributed by atoms with van der Waals surface area (Å²) in [6, 6.07) is 21.0. The SMILES string of the molecule is COc1ccc(NC(=O)N2CCN(c3ccc(NC(=O)c4ccco4)cc3C(=O)NCc3ccc(F)cc3)CC2)cc1. The molecule has 1 aliphatic rings. The summed E-state index contributed by atoms with van der Waals surface area (Å²) in [5.74, 6) is -0.315. The van der Waals surface area contributed by atoms with Crippen LogP contribution in [-0.4, -0.2) is 56.0 Å². The molecule has 1 saturated heterocycles. The van der Waals surface area contributed by atoms with Gasteiger partial charge < -0.3 is 34.9 Å². The molecule has 4 amide bonds. The molecule has 1 aliphatic heterocycles. The first kappa shape index (κ1) is 28.2. The van der Waals surface area contributed by atoms with Crippen LogP contribution >= 0.6 is 0 Å². The van der Waals surface area contributed by atoms with Gasteiger partial charge >= 0.3 is 6.03 Å². The van der Waals surface area contributed by atoms with Crippen LogP contribution in [0.3, 0.4) is 0 Å². The highest BCUT2D eigenvalue weighted by Crippen LogP contribution is 2.27. The Morgan fingerprint density at radius 3 is 2.24 bits per heavy atom. The van der Waals surface area contributed by atoms with Gasteiger partial charge in [-0.15, -0.1) is 0 Å². The van der Waals surface area contributed by atoms with E-state index in [0.29, 0.717) is 54.6 Å². The Morgan fingerprint density at radius 2 is 1.57 bits per heavy atom. The van der Waals surface area contributed by atoms with Gasteiger partial charge in [-0.05, 0) is 72.3 Å². The summed E-state index contributed by atoms with van der Waals surface area (Å²) < 4.78 is 23.6. The number of halogens is 1. The zero-order chi connectivity index (χ0) is 29.5. The molecule has 3 N–H and O–H groups in total. The maximum atomic E-state index is 13.4. The van der Waals surface area contributed by atoms with E-state index in [2.05, 4.69) is 16.0 Å². The Hall–Kier alpha value is -5.32. The number of carbonyl (C=O) groups is 3. The molecule has 4 aromatic rings. The van der Waals surface area contributed by atoms with Crippen molar-refractivity contribution in [2.45, 2.75) is 6.54 Å². The molecule has 11 heteroatoms. The number of ether oxygens (including phenoxy) is 1. The van der Waals surface area contributed by atoms with Gasteiger partial charge in [-0.3, -0.25) is 9.59 Å². The Balaban J connectivity index is 1.28. The number of nitrogens with zero attached hydrogens (tertiary/aromatic N) is 2. The second-order valence-corrected chi connectivity index (χ2v) is 9.61. The van der Waals surface area contributed by atoms with Crippen molar-refractivity contribution in [1.82, 2.24) is 10.2 Å². The number of amides is 4. The van der Waals surface area contributed by atoms with E-state index in [1.165, 1.54) is 18.4 Å². The van der Waals surface area contributed by atoms with Gasteiger partial charge in [0.05, 0.1) is 18.9 Å². The van der Waals surface area contributed by atoms with Crippen molar-refractivity contribution in [3.8, 4) is 5.75 Å². The minimum atomic E-state index is -0.443. The van der Waals surface area contributed by atoms with Crippen LogP contribution in [0.25, 0.3) is 0 Å². The van der Waals surface area contributed by atoms with Gasteiger partial charge in [0.1, 0.15) is 11.6 Å². The molecule has 0 aliphatic carbocycles. The molecule has 216 valence electrons. The fourth-order valence-electron chi connectivity index (χ4n) is 4.58. The molecule has 42 heavy (non-hydrogen) atoms. The maximum Gasteiger partial charge on any atom is 0.321 e. The molecule has 0 radical (unpaired) electrons. The number of furan rings is 1. The zero-order valence-corrected chi connectivity index (χ0v) is 22.9. The maximum absolute atomic E-state index is 13.4. The number of hydrogen-bond acceptors (Lipinski definition) is 6. The zero-order valence-electron chi connectivity index (χ0n) is 22.9. The van der Waals surface area contributed by atoms with Gasteiger partial charge in [-0.2, -0.15) is 0 Å². The smallest absolute Gasteiger partial charge is 0.321 e. The van der Waals surface area contributed by atoms with Crippen LogP contribution in [0.2, 0.25) is 0 Å². The van der Waals surface area contributed by atoms with E-state index < -0.39 is 5.91 Å². The largest absolute Gasteiger partial charge is 0.497 e. The highest BCUT2D eigenvalue weighted by atomic mass is 19.1. The van der Waals surface area contributed by atoms with Gasteiger partial charge in [-0.1, -0.05) is 12.1 Å². The Bertz CT molecular complexity index is 1530. The van der Waals surface area contributed by atoms with Gasteiger partial charge in [0, 0.05) is 49.8 Å². The number of benzene rings is 3. The second-order valence-electron chi connectivity index (χ2n) is 9.61. The fourth-order valence-corrected chi connectivity index (χ4v) is 4.58. The molecule has 1 aromatic heterocycles. The van der Waals surface area contributed by atoms with E-state index in [4.69, 9.17) is 9.15 Å². The summed E-state index contributed by atoms with van der Waals surface area (Å²) in [6.45, 7) is 2.06. The lowest BCUT2D eigenvalue weighted by Crippen LogP contribution is -2.50. The number of nitrogens with one attached hydrogen (secondary N) is 3. The summed E-state index contributed by atoms with van der Waals surface area (Å²) in [4.78, 5) is 42.6. The van der Waals surface area contributed by atoms with Crippen LogP contribution in [0.1, 0.15) is 26.5 Å². The van der Waals surface area contributed by atoms with Crippen LogP contribution in [0.5, 0.6) is 5.75 Å². The Labute approximate surface area is 242 Å². The van der Waals surface area contributed by atoms with Crippen molar-refractivity contribution in [2.75, 3.05) is 48.8 Å². The van der Waals surface area contributed by atoms with Crippen molar-refractivity contribution in [3.63, 3.8) is 0 Å². The third-order valence-corrected chi connectivity index (χ3v) is 6.86. The van der Waals surface area contributed by atoms with Crippen molar-refractivity contribution < 1.29 is 27.9 Å². The molecule has 1 fully saturated rings. The van der Waals surface area contributed by atoms with Crippen LogP contribution in [0.15, 0.2) is 89.5 Å². The van der Waals surface area contributed by atoms with E-state index in [1.54, 1.807) is 78.7 Å². The first-order chi connectivity index (χ1) is 20.4. The normalized spacial score (nSPS) is 12.9. The highest BCUT2D eigenvalue weighted by Gasteiger charge is 2.25. The van der Waals surface area contributed by atoms with Gasteiger partial charge in [-0.25, -0.2) is 9.18 Å². The number of methoxy groups -OCH3 is 1.